The van der Waals surface area contributed by atoms with E-state index < -0.39 is 0 Å². The highest BCUT2D eigenvalue weighted by Crippen LogP contribution is 2.22. The number of aryl methyl sites for hydroxylation is 1. The van der Waals surface area contributed by atoms with E-state index in [1.165, 1.54) is 24.2 Å². The Labute approximate surface area is 136 Å². The molecule has 1 aliphatic heterocycles. The lowest BCUT2D eigenvalue weighted by Gasteiger charge is -2.22. The molecule has 1 aromatic heterocycles. The number of hydrogen-bond donors (Lipinski definition) is 1. The normalized spacial score (nSPS) is 15.7. The van der Waals surface area contributed by atoms with E-state index in [4.69, 9.17) is 9.59 Å². The molecule has 124 valence electrons. The summed E-state index contributed by atoms with van der Waals surface area (Å²) in [6.07, 6.45) is 3.64. The van der Waals surface area contributed by atoms with E-state index in [9.17, 15) is 0 Å². The molecular weight excluding hydrogens is 292 g/mol. The number of nitrogens with zero attached hydrogens (tertiary/aromatic N) is 3. The summed E-state index contributed by atoms with van der Waals surface area (Å²) in [6.45, 7) is 6.78. The number of nitrogens with one attached hydrogen (secondary N) is 1. The van der Waals surface area contributed by atoms with Crippen molar-refractivity contribution in [2.75, 3.05) is 38.1 Å². The molecule has 0 bridgehead atoms. The van der Waals surface area contributed by atoms with E-state index >= 15 is 0 Å². The van der Waals surface area contributed by atoms with Crippen molar-refractivity contribution in [1.29, 1.82) is 0 Å². The number of imidazole rings is 1. The van der Waals surface area contributed by atoms with Gasteiger partial charge < -0.3 is 14.8 Å². The Hall–Kier alpha value is -2.17. The lowest BCUT2D eigenvalue weighted by atomic mass is 10.2. The van der Waals surface area contributed by atoms with Gasteiger partial charge in [0.05, 0.1) is 11.0 Å². The molecule has 2 aromatic rings. The highest BCUT2D eigenvalue weighted by molar-refractivity contribution is 5.79. The van der Waals surface area contributed by atoms with Gasteiger partial charge in [-0.25, -0.2) is 4.98 Å². The Kier molecular flexibility index (Phi) is 6.32. The first-order valence-corrected chi connectivity index (χ1v) is 8.09. The number of likely N-dealkylation sites (N-methyl/N-ethyl adjacent to an activating group) is 1. The number of carbonyl (C=O) groups excluding carboxylic acids is 2. The maximum Gasteiger partial charge on any atom is 0.373 e. The van der Waals surface area contributed by atoms with Crippen LogP contribution in [0.25, 0.3) is 11.0 Å². The van der Waals surface area contributed by atoms with Crippen molar-refractivity contribution in [3.8, 4) is 0 Å². The van der Waals surface area contributed by atoms with Crippen LogP contribution in [0.2, 0.25) is 0 Å². The number of rotatable bonds is 3. The maximum absolute atomic E-state index is 8.12. The minimum atomic E-state index is 0.250. The number of benzene rings is 1. The van der Waals surface area contributed by atoms with Crippen LogP contribution in [-0.2, 0) is 16.0 Å². The second-order valence-corrected chi connectivity index (χ2v) is 5.86. The van der Waals surface area contributed by atoms with E-state index in [0.717, 1.165) is 43.8 Å². The highest BCUT2D eigenvalue weighted by Gasteiger charge is 2.13. The fourth-order valence-electron chi connectivity index (χ4n) is 2.91. The van der Waals surface area contributed by atoms with Gasteiger partial charge in [0.1, 0.15) is 5.82 Å². The van der Waals surface area contributed by atoms with Crippen LogP contribution in [0.4, 0.5) is 5.69 Å². The topological polar surface area (TPSA) is 69.3 Å². The summed E-state index contributed by atoms with van der Waals surface area (Å²) in [5.74, 6) is 1.11. The summed E-state index contributed by atoms with van der Waals surface area (Å²) in [7, 11) is 2.21. The zero-order valence-corrected chi connectivity index (χ0v) is 13.8. The molecule has 0 unspecified atom stereocenters. The molecule has 1 aromatic carbocycles. The van der Waals surface area contributed by atoms with Crippen LogP contribution >= 0.6 is 0 Å². The second-order valence-electron chi connectivity index (χ2n) is 5.86. The average Bonchev–Trinajstić information content (AvgIpc) is 2.80. The van der Waals surface area contributed by atoms with Crippen LogP contribution < -0.4 is 4.90 Å². The van der Waals surface area contributed by atoms with E-state index in [0.29, 0.717) is 0 Å². The van der Waals surface area contributed by atoms with Crippen LogP contribution in [0.3, 0.4) is 0 Å². The zero-order valence-electron chi connectivity index (χ0n) is 13.8. The van der Waals surface area contributed by atoms with Gasteiger partial charge in [0.2, 0.25) is 0 Å². The molecule has 3 rings (SSSR count). The molecule has 23 heavy (non-hydrogen) atoms. The number of aromatic nitrogens is 2. The molecule has 0 amide bonds. The fourth-order valence-corrected chi connectivity index (χ4v) is 2.91. The molecule has 1 aliphatic rings. The van der Waals surface area contributed by atoms with Crippen molar-refractivity contribution in [3.63, 3.8) is 0 Å². The van der Waals surface area contributed by atoms with Gasteiger partial charge in [-0.3, -0.25) is 0 Å². The van der Waals surface area contributed by atoms with Gasteiger partial charge in [-0.2, -0.15) is 9.59 Å². The minimum absolute atomic E-state index is 0.250. The first kappa shape index (κ1) is 17.2. The van der Waals surface area contributed by atoms with Crippen molar-refractivity contribution in [2.24, 2.45) is 0 Å². The number of fused-ring (bicyclic) bond motifs is 1. The molecule has 2 heterocycles. The van der Waals surface area contributed by atoms with E-state index in [2.05, 4.69) is 51.9 Å². The van der Waals surface area contributed by atoms with Crippen LogP contribution in [0.15, 0.2) is 18.2 Å². The van der Waals surface area contributed by atoms with E-state index in [1.807, 2.05) is 0 Å². The number of anilines is 1. The fraction of sp³-hybridized carbons (Fsp3) is 0.529. The second kappa shape index (κ2) is 8.46. The number of H-pyrrole nitrogens is 1. The van der Waals surface area contributed by atoms with Crippen molar-refractivity contribution < 1.29 is 9.59 Å². The lowest BCUT2D eigenvalue weighted by molar-refractivity contribution is -0.191. The molecule has 6 nitrogen and oxygen atoms in total. The van der Waals surface area contributed by atoms with E-state index in [-0.39, 0.29) is 6.15 Å². The molecule has 6 heteroatoms. The molecule has 0 aliphatic carbocycles. The SMILES string of the molecule is CCCc1nc2ccc(N3CCCN(C)CC3)cc2[nH]1.O=C=O. The quantitative estimate of drug-likeness (QED) is 0.939. The van der Waals surface area contributed by atoms with Crippen LogP contribution in [0.5, 0.6) is 0 Å². The van der Waals surface area contributed by atoms with Gasteiger partial charge >= 0.3 is 6.15 Å². The van der Waals surface area contributed by atoms with Gasteiger partial charge in [0.25, 0.3) is 0 Å². The monoisotopic (exact) mass is 316 g/mol. The molecule has 0 spiro atoms. The Morgan fingerprint density at radius 2 is 2.00 bits per heavy atom. The van der Waals surface area contributed by atoms with Crippen molar-refractivity contribution >= 4 is 22.9 Å². The maximum atomic E-state index is 8.12. The van der Waals surface area contributed by atoms with Gasteiger partial charge in [-0.1, -0.05) is 6.92 Å². The average molecular weight is 316 g/mol. The summed E-state index contributed by atoms with van der Waals surface area (Å²) in [6, 6.07) is 6.62. The Morgan fingerprint density at radius 1 is 1.22 bits per heavy atom. The van der Waals surface area contributed by atoms with Crippen LogP contribution in [0.1, 0.15) is 25.6 Å². The third-order valence-corrected chi connectivity index (χ3v) is 4.09. The molecule has 0 atom stereocenters. The van der Waals surface area contributed by atoms with Gasteiger partial charge in [0.15, 0.2) is 0 Å². The first-order valence-electron chi connectivity index (χ1n) is 8.09. The van der Waals surface area contributed by atoms with Crippen molar-refractivity contribution in [3.05, 3.63) is 24.0 Å². The third-order valence-electron chi connectivity index (χ3n) is 4.09. The largest absolute Gasteiger partial charge is 0.373 e. The summed E-state index contributed by atoms with van der Waals surface area (Å²) < 4.78 is 0. The Balaban J connectivity index is 0.000000595. The molecular formula is C17H24N4O2. The third kappa shape index (κ3) is 4.65. The number of hydrogen-bond acceptors (Lipinski definition) is 5. The van der Waals surface area contributed by atoms with Crippen LogP contribution in [0, 0.1) is 0 Å². The minimum Gasteiger partial charge on any atom is -0.370 e. The predicted octanol–water partition coefficient (Wildman–Crippen LogP) is 2.07. The standard InChI is InChI=1S/C16H24N4.CO2/c1-3-5-16-17-14-7-6-13(12-15(14)18-16)20-9-4-8-19(2)10-11-20;2-1-3/h6-7,12H,3-5,8-11H2,1-2H3,(H,17,18);. The predicted molar refractivity (Wildman–Crippen MR) is 89.4 cm³/mol. The molecule has 1 fully saturated rings. The summed E-state index contributed by atoms with van der Waals surface area (Å²) in [4.78, 5) is 29.2. The Morgan fingerprint density at radius 3 is 2.74 bits per heavy atom. The van der Waals surface area contributed by atoms with Crippen molar-refractivity contribution in [1.82, 2.24) is 14.9 Å². The van der Waals surface area contributed by atoms with Gasteiger partial charge in [0, 0.05) is 31.7 Å². The summed E-state index contributed by atoms with van der Waals surface area (Å²) >= 11 is 0. The molecule has 1 N–H and O–H groups in total. The Bertz CT molecular complexity index is 662. The van der Waals surface area contributed by atoms with Gasteiger partial charge in [-0.05, 0) is 44.6 Å². The molecule has 1 saturated heterocycles. The lowest BCUT2D eigenvalue weighted by Crippen LogP contribution is -2.28. The highest BCUT2D eigenvalue weighted by atomic mass is 16.2. The first-order chi connectivity index (χ1) is 11.2. The molecule has 0 saturated carbocycles. The van der Waals surface area contributed by atoms with E-state index in [1.54, 1.807) is 0 Å². The zero-order chi connectivity index (χ0) is 16.7. The summed E-state index contributed by atoms with van der Waals surface area (Å²) in [5, 5.41) is 0. The van der Waals surface area contributed by atoms with Crippen LogP contribution in [-0.4, -0.2) is 54.2 Å². The molecule has 0 radical (unpaired) electrons. The van der Waals surface area contributed by atoms with Crippen molar-refractivity contribution in [2.45, 2.75) is 26.2 Å². The number of aromatic amines is 1. The summed E-state index contributed by atoms with van der Waals surface area (Å²) in [5.41, 5.74) is 3.58. The van der Waals surface area contributed by atoms with Gasteiger partial charge in [-0.15, -0.1) is 0 Å². The smallest absolute Gasteiger partial charge is 0.370 e.